The molecule has 1 aromatic heterocycles. The summed E-state index contributed by atoms with van der Waals surface area (Å²) in [5.74, 6) is 1.83. The molecule has 1 aliphatic heterocycles. The van der Waals surface area contributed by atoms with Gasteiger partial charge >= 0.3 is 0 Å². The van der Waals surface area contributed by atoms with E-state index in [1.807, 2.05) is 24.3 Å². The minimum Gasteiger partial charge on any atom is -0.383 e. The molecule has 23 heavy (non-hydrogen) atoms. The highest BCUT2D eigenvalue weighted by Gasteiger charge is 2.18. The zero-order valence-electron chi connectivity index (χ0n) is 13.2. The van der Waals surface area contributed by atoms with E-state index in [4.69, 9.17) is 4.74 Å². The molecule has 0 atom stereocenters. The summed E-state index contributed by atoms with van der Waals surface area (Å²) in [5, 5.41) is 14.4. The molecule has 7 nitrogen and oxygen atoms in total. The molecule has 0 saturated heterocycles. The van der Waals surface area contributed by atoms with Crippen LogP contribution in [0, 0.1) is 0 Å². The number of rotatable bonds is 7. The van der Waals surface area contributed by atoms with Gasteiger partial charge in [-0.25, -0.2) is 0 Å². The molecule has 0 aliphatic carbocycles. The van der Waals surface area contributed by atoms with Crippen molar-refractivity contribution in [1.82, 2.24) is 20.1 Å². The summed E-state index contributed by atoms with van der Waals surface area (Å²) in [7, 11) is 1.63. The Morgan fingerprint density at radius 1 is 1.39 bits per heavy atom. The Morgan fingerprint density at radius 2 is 2.30 bits per heavy atom. The van der Waals surface area contributed by atoms with Crippen LogP contribution in [0.4, 0.5) is 5.69 Å². The van der Waals surface area contributed by atoms with Gasteiger partial charge in [0.2, 0.25) is 5.91 Å². The highest BCUT2D eigenvalue weighted by Crippen LogP contribution is 2.25. The number of carbonyl (C=O) groups is 1. The molecule has 7 heteroatoms. The molecule has 0 saturated carbocycles. The largest absolute Gasteiger partial charge is 0.383 e. The third-order valence-corrected chi connectivity index (χ3v) is 3.78. The van der Waals surface area contributed by atoms with Gasteiger partial charge in [-0.2, -0.15) is 0 Å². The number of methoxy groups -OCH3 is 1. The molecule has 0 unspecified atom stereocenters. The summed E-state index contributed by atoms with van der Waals surface area (Å²) >= 11 is 0. The Kier molecular flexibility index (Phi) is 4.99. The summed E-state index contributed by atoms with van der Waals surface area (Å²) in [4.78, 5) is 11.9. The molecule has 0 radical (unpaired) electrons. The number of carbonyl (C=O) groups excluding carboxylic acids is 1. The van der Waals surface area contributed by atoms with Crippen molar-refractivity contribution < 1.29 is 9.53 Å². The van der Waals surface area contributed by atoms with Crippen molar-refractivity contribution in [1.29, 1.82) is 0 Å². The van der Waals surface area contributed by atoms with Crippen LogP contribution in [-0.2, 0) is 22.5 Å². The number of hydrogen-bond acceptors (Lipinski definition) is 5. The molecule has 0 spiro atoms. The third kappa shape index (κ3) is 3.75. The Hall–Kier alpha value is -2.25. The van der Waals surface area contributed by atoms with Crippen LogP contribution in [0.2, 0.25) is 0 Å². The molecule has 122 valence electrons. The van der Waals surface area contributed by atoms with E-state index >= 15 is 0 Å². The van der Waals surface area contributed by atoms with Gasteiger partial charge in [-0.1, -0.05) is 12.1 Å². The smallest absolute Gasteiger partial charge is 0.238 e. The van der Waals surface area contributed by atoms with Crippen molar-refractivity contribution in [2.75, 3.05) is 32.1 Å². The lowest BCUT2D eigenvalue weighted by atomic mass is 10.2. The van der Waals surface area contributed by atoms with Crippen molar-refractivity contribution in [3.63, 3.8) is 0 Å². The summed E-state index contributed by atoms with van der Waals surface area (Å²) in [6.45, 7) is 2.45. The average Bonchev–Trinajstić information content (AvgIpc) is 3.15. The van der Waals surface area contributed by atoms with Crippen LogP contribution in [-0.4, -0.2) is 47.5 Å². The van der Waals surface area contributed by atoms with E-state index in [9.17, 15) is 4.79 Å². The van der Waals surface area contributed by atoms with Crippen LogP contribution >= 0.6 is 0 Å². The van der Waals surface area contributed by atoms with E-state index in [-0.39, 0.29) is 12.5 Å². The lowest BCUT2D eigenvalue weighted by Crippen LogP contribution is -2.30. The predicted molar refractivity (Wildman–Crippen MR) is 87.2 cm³/mol. The van der Waals surface area contributed by atoms with Gasteiger partial charge in [-0.15, -0.1) is 10.2 Å². The fourth-order valence-corrected chi connectivity index (χ4v) is 2.68. The minimum atomic E-state index is -0.0790. The zero-order valence-corrected chi connectivity index (χ0v) is 13.2. The van der Waals surface area contributed by atoms with E-state index in [1.54, 1.807) is 7.11 Å². The van der Waals surface area contributed by atoms with Gasteiger partial charge in [-0.3, -0.25) is 4.79 Å². The van der Waals surface area contributed by atoms with Crippen molar-refractivity contribution in [2.45, 2.75) is 19.4 Å². The van der Waals surface area contributed by atoms with Crippen LogP contribution in [0.15, 0.2) is 24.3 Å². The molecule has 0 bridgehead atoms. The first-order valence-corrected chi connectivity index (χ1v) is 7.80. The monoisotopic (exact) mass is 315 g/mol. The molecular weight excluding hydrogens is 294 g/mol. The number of hydrogen-bond donors (Lipinski definition) is 2. The number of aryl methyl sites for hydroxylation is 1. The minimum absolute atomic E-state index is 0.0790. The fraction of sp³-hybridized carbons (Fsp3) is 0.438. The highest BCUT2D eigenvalue weighted by atomic mass is 16.5. The van der Waals surface area contributed by atoms with Gasteiger partial charge in [0, 0.05) is 37.9 Å². The first-order chi connectivity index (χ1) is 11.3. The second-order valence-electron chi connectivity index (χ2n) is 5.49. The van der Waals surface area contributed by atoms with Gasteiger partial charge in [0.1, 0.15) is 5.82 Å². The maximum absolute atomic E-state index is 11.9. The Labute approximate surface area is 135 Å². The van der Waals surface area contributed by atoms with E-state index in [1.165, 1.54) is 0 Å². The molecule has 2 heterocycles. The van der Waals surface area contributed by atoms with E-state index in [2.05, 4.69) is 25.4 Å². The first kappa shape index (κ1) is 15.6. The van der Waals surface area contributed by atoms with E-state index < -0.39 is 0 Å². The SMILES string of the molecule is COCCNCC(=O)Nc1cccc(-c2nnc3n2CCC3)c1. The Morgan fingerprint density at radius 3 is 3.17 bits per heavy atom. The number of nitrogens with one attached hydrogen (secondary N) is 2. The van der Waals surface area contributed by atoms with Crippen LogP contribution in [0.5, 0.6) is 0 Å². The van der Waals surface area contributed by atoms with Crippen LogP contribution < -0.4 is 10.6 Å². The standard InChI is InChI=1S/C16H21N5O2/c1-23-9-7-17-11-15(22)18-13-5-2-4-12(10-13)16-20-19-14-6-3-8-21(14)16/h2,4-5,10,17H,3,6-9,11H2,1H3,(H,18,22). The maximum Gasteiger partial charge on any atom is 0.238 e. The predicted octanol–water partition coefficient (Wildman–Crippen LogP) is 1.07. The number of amides is 1. The Bertz CT molecular complexity index is 683. The number of fused-ring (bicyclic) bond motifs is 1. The summed E-state index contributed by atoms with van der Waals surface area (Å²) in [6, 6.07) is 7.71. The molecule has 0 fully saturated rings. The average molecular weight is 315 g/mol. The third-order valence-electron chi connectivity index (χ3n) is 3.78. The highest BCUT2D eigenvalue weighted by molar-refractivity contribution is 5.92. The number of nitrogens with zero attached hydrogens (tertiary/aromatic N) is 3. The normalized spacial score (nSPS) is 13.1. The van der Waals surface area contributed by atoms with Crippen LogP contribution in [0.3, 0.4) is 0 Å². The molecule has 2 N–H and O–H groups in total. The Balaban J connectivity index is 1.64. The topological polar surface area (TPSA) is 81.1 Å². The first-order valence-electron chi connectivity index (χ1n) is 7.80. The van der Waals surface area contributed by atoms with Gasteiger partial charge in [0.15, 0.2) is 5.82 Å². The zero-order chi connectivity index (χ0) is 16.1. The molecule has 1 aliphatic rings. The summed E-state index contributed by atoms with van der Waals surface area (Å²) in [5.41, 5.74) is 1.73. The lowest BCUT2D eigenvalue weighted by molar-refractivity contribution is -0.115. The number of benzene rings is 1. The van der Waals surface area contributed by atoms with Crippen molar-refractivity contribution in [3.05, 3.63) is 30.1 Å². The lowest BCUT2D eigenvalue weighted by Gasteiger charge is -2.08. The molecular formula is C16H21N5O2. The number of aromatic nitrogens is 3. The quantitative estimate of drug-likeness (QED) is 0.747. The van der Waals surface area contributed by atoms with E-state index in [0.717, 1.165) is 42.3 Å². The summed E-state index contributed by atoms with van der Waals surface area (Å²) in [6.07, 6.45) is 2.10. The van der Waals surface area contributed by atoms with Gasteiger partial charge in [-0.05, 0) is 18.6 Å². The molecule has 1 aromatic carbocycles. The molecule has 2 aromatic rings. The fourth-order valence-electron chi connectivity index (χ4n) is 2.68. The second-order valence-corrected chi connectivity index (χ2v) is 5.49. The van der Waals surface area contributed by atoms with Gasteiger partial charge in [0.05, 0.1) is 13.2 Å². The molecule has 1 amide bonds. The van der Waals surface area contributed by atoms with Crippen molar-refractivity contribution in [3.8, 4) is 11.4 Å². The number of ether oxygens (including phenoxy) is 1. The van der Waals surface area contributed by atoms with E-state index in [0.29, 0.717) is 13.2 Å². The van der Waals surface area contributed by atoms with Gasteiger partial charge < -0.3 is 19.9 Å². The van der Waals surface area contributed by atoms with Crippen molar-refractivity contribution in [2.24, 2.45) is 0 Å². The van der Waals surface area contributed by atoms with Crippen LogP contribution in [0.1, 0.15) is 12.2 Å². The maximum atomic E-state index is 11.9. The van der Waals surface area contributed by atoms with Crippen molar-refractivity contribution >= 4 is 11.6 Å². The summed E-state index contributed by atoms with van der Waals surface area (Å²) < 4.78 is 7.07. The van der Waals surface area contributed by atoms with Crippen LogP contribution in [0.25, 0.3) is 11.4 Å². The molecule has 3 rings (SSSR count). The van der Waals surface area contributed by atoms with Gasteiger partial charge in [0.25, 0.3) is 0 Å². The number of anilines is 1. The second kappa shape index (κ2) is 7.34.